The van der Waals surface area contributed by atoms with Crippen molar-refractivity contribution in [3.05, 3.63) is 11.3 Å². The molecule has 0 spiro atoms. The fraction of sp³-hybridized carbons (Fsp3) is 0.625. The summed E-state index contributed by atoms with van der Waals surface area (Å²) >= 11 is 0. The number of rotatable bonds is 5. The quantitative estimate of drug-likeness (QED) is 0.813. The summed E-state index contributed by atoms with van der Waals surface area (Å²) in [6.45, 7) is 7.85. The standard InChI is InChI=1S/C16H24N4O4/c1-6-24-16(23)13-10(4)18-19(5)14(13)17-15(22)11-7-12(21)20(8-11)9(2)3/h9,11H,6-8H2,1-5H3,(H,17,22). The number of carbonyl (C=O) groups excluding carboxylic acids is 3. The lowest BCUT2D eigenvalue weighted by Gasteiger charge is -2.20. The van der Waals surface area contributed by atoms with Gasteiger partial charge < -0.3 is 15.0 Å². The van der Waals surface area contributed by atoms with Crippen LogP contribution in [-0.2, 0) is 21.4 Å². The van der Waals surface area contributed by atoms with E-state index in [0.29, 0.717) is 18.1 Å². The number of esters is 1. The van der Waals surface area contributed by atoms with Gasteiger partial charge in [0, 0.05) is 26.1 Å². The van der Waals surface area contributed by atoms with Crippen molar-refractivity contribution in [2.45, 2.75) is 40.2 Å². The minimum Gasteiger partial charge on any atom is -0.462 e. The molecular formula is C16H24N4O4. The van der Waals surface area contributed by atoms with Crippen LogP contribution in [0.25, 0.3) is 0 Å². The Labute approximate surface area is 141 Å². The predicted molar refractivity (Wildman–Crippen MR) is 87.5 cm³/mol. The summed E-state index contributed by atoms with van der Waals surface area (Å²) in [5, 5.41) is 6.92. The summed E-state index contributed by atoms with van der Waals surface area (Å²) in [6, 6.07) is 0.0596. The zero-order chi connectivity index (χ0) is 18.0. The Kier molecular flexibility index (Phi) is 5.26. The number of carbonyl (C=O) groups is 3. The molecule has 0 saturated carbocycles. The number of anilines is 1. The Bertz CT molecular complexity index is 665. The van der Waals surface area contributed by atoms with Crippen LogP contribution in [0, 0.1) is 12.8 Å². The number of nitrogens with one attached hydrogen (secondary N) is 1. The Morgan fingerprint density at radius 1 is 1.42 bits per heavy atom. The lowest BCUT2D eigenvalue weighted by molar-refractivity contribution is -0.129. The molecule has 0 aliphatic carbocycles. The van der Waals surface area contributed by atoms with Crippen LogP contribution in [0.2, 0.25) is 0 Å². The summed E-state index contributed by atoms with van der Waals surface area (Å²) in [7, 11) is 1.64. The van der Waals surface area contributed by atoms with Crippen LogP contribution in [0.15, 0.2) is 0 Å². The molecular weight excluding hydrogens is 312 g/mol. The molecule has 0 radical (unpaired) electrons. The van der Waals surface area contributed by atoms with E-state index in [9.17, 15) is 14.4 Å². The van der Waals surface area contributed by atoms with Crippen LogP contribution in [0.4, 0.5) is 5.82 Å². The summed E-state index contributed by atoms with van der Waals surface area (Å²) in [4.78, 5) is 38.3. The van der Waals surface area contributed by atoms with Crippen molar-refractivity contribution in [3.8, 4) is 0 Å². The molecule has 1 N–H and O–H groups in total. The molecule has 0 bridgehead atoms. The molecule has 1 unspecified atom stereocenters. The predicted octanol–water partition coefficient (Wildman–Crippen LogP) is 1.10. The minimum absolute atomic E-state index is 0.0306. The van der Waals surface area contributed by atoms with E-state index in [1.54, 1.807) is 25.8 Å². The Hall–Kier alpha value is -2.38. The minimum atomic E-state index is -0.523. The second kappa shape index (κ2) is 7.02. The summed E-state index contributed by atoms with van der Waals surface area (Å²) in [6.07, 6.45) is 0.176. The molecule has 1 aliphatic heterocycles. The molecule has 1 aliphatic rings. The lowest BCUT2D eigenvalue weighted by atomic mass is 10.1. The van der Waals surface area contributed by atoms with Gasteiger partial charge in [-0.25, -0.2) is 4.79 Å². The van der Waals surface area contributed by atoms with Crippen LogP contribution >= 0.6 is 0 Å². The molecule has 1 aromatic rings. The Balaban J connectivity index is 2.18. The first-order valence-corrected chi connectivity index (χ1v) is 8.07. The first kappa shape index (κ1) is 18.0. The van der Waals surface area contributed by atoms with Gasteiger partial charge in [-0.2, -0.15) is 5.10 Å². The van der Waals surface area contributed by atoms with E-state index in [4.69, 9.17) is 4.74 Å². The maximum atomic E-state index is 12.5. The van der Waals surface area contributed by atoms with Crippen molar-refractivity contribution >= 4 is 23.6 Å². The van der Waals surface area contributed by atoms with E-state index in [1.807, 2.05) is 13.8 Å². The van der Waals surface area contributed by atoms with E-state index in [1.165, 1.54) is 4.68 Å². The molecule has 0 aromatic carbocycles. The molecule has 2 heterocycles. The monoisotopic (exact) mass is 336 g/mol. The Morgan fingerprint density at radius 3 is 2.62 bits per heavy atom. The fourth-order valence-electron chi connectivity index (χ4n) is 2.87. The average molecular weight is 336 g/mol. The second-order valence-electron chi connectivity index (χ2n) is 6.18. The van der Waals surface area contributed by atoms with Crippen LogP contribution in [0.1, 0.15) is 43.2 Å². The summed E-state index contributed by atoms with van der Waals surface area (Å²) in [5.74, 6) is -0.988. The summed E-state index contributed by atoms with van der Waals surface area (Å²) in [5.41, 5.74) is 0.732. The molecule has 8 nitrogen and oxygen atoms in total. The number of aryl methyl sites for hydroxylation is 2. The zero-order valence-electron chi connectivity index (χ0n) is 14.8. The van der Waals surface area contributed by atoms with Crippen LogP contribution < -0.4 is 5.32 Å². The maximum absolute atomic E-state index is 12.5. The Morgan fingerprint density at radius 2 is 2.08 bits per heavy atom. The third kappa shape index (κ3) is 3.42. The summed E-state index contributed by atoms with van der Waals surface area (Å²) < 4.78 is 6.47. The maximum Gasteiger partial charge on any atom is 0.343 e. The number of nitrogens with zero attached hydrogens (tertiary/aromatic N) is 3. The van der Waals surface area contributed by atoms with Crippen molar-refractivity contribution in [1.82, 2.24) is 14.7 Å². The van der Waals surface area contributed by atoms with Gasteiger partial charge in [0.25, 0.3) is 0 Å². The lowest BCUT2D eigenvalue weighted by Crippen LogP contribution is -2.33. The second-order valence-corrected chi connectivity index (χ2v) is 6.18. The zero-order valence-corrected chi connectivity index (χ0v) is 14.8. The molecule has 2 rings (SSSR count). The van der Waals surface area contributed by atoms with E-state index >= 15 is 0 Å². The fourth-order valence-corrected chi connectivity index (χ4v) is 2.87. The van der Waals surface area contributed by atoms with E-state index in [2.05, 4.69) is 10.4 Å². The van der Waals surface area contributed by atoms with Gasteiger partial charge in [-0.3, -0.25) is 14.3 Å². The molecule has 8 heteroatoms. The van der Waals surface area contributed by atoms with E-state index < -0.39 is 11.9 Å². The van der Waals surface area contributed by atoms with E-state index in [-0.39, 0.29) is 36.4 Å². The van der Waals surface area contributed by atoms with Gasteiger partial charge in [0.2, 0.25) is 11.8 Å². The number of likely N-dealkylation sites (tertiary alicyclic amines) is 1. The highest BCUT2D eigenvalue weighted by Crippen LogP contribution is 2.24. The van der Waals surface area contributed by atoms with E-state index in [0.717, 1.165) is 0 Å². The van der Waals surface area contributed by atoms with Gasteiger partial charge in [0.1, 0.15) is 11.4 Å². The highest BCUT2D eigenvalue weighted by molar-refractivity contribution is 6.03. The molecule has 1 aromatic heterocycles. The van der Waals surface area contributed by atoms with Gasteiger partial charge in [0.05, 0.1) is 18.2 Å². The van der Waals surface area contributed by atoms with Crippen LogP contribution in [0.3, 0.4) is 0 Å². The van der Waals surface area contributed by atoms with Crippen LogP contribution in [0.5, 0.6) is 0 Å². The SMILES string of the molecule is CCOC(=O)c1c(C)nn(C)c1NC(=O)C1CC(=O)N(C(C)C)C1. The van der Waals surface area contributed by atoms with Gasteiger partial charge in [-0.1, -0.05) is 0 Å². The molecule has 132 valence electrons. The van der Waals surface area contributed by atoms with Gasteiger partial charge in [0.15, 0.2) is 0 Å². The van der Waals surface area contributed by atoms with Crippen molar-refractivity contribution in [2.75, 3.05) is 18.5 Å². The van der Waals surface area contributed by atoms with Gasteiger partial charge >= 0.3 is 5.97 Å². The third-order valence-electron chi connectivity index (χ3n) is 4.10. The highest BCUT2D eigenvalue weighted by Gasteiger charge is 2.36. The van der Waals surface area contributed by atoms with Crippen molar-refractivity contribution in [2.24, 2.45) is 13.0 Å². The van der Waals surface area contributed by atoms with Gasteiger partial charge in [-0.15, -0.1) is 0 Å². The smallest absolute Gasteiger partial charge is 0.343 e. The van der Waals surface area contributed by atoms with Crippen molar-refractivity contribution < 1.29 is 19.1 Å². The van der Waals surface area contributed by atoms with Gasteiger partial charge in [-0.05, 0) is 27.7 Å². The average Bonchev–Trinajstić information content (AvgIpc) is 3.00. The number of ether oxygens (including phenoxy) is 1. The molecule has 24 heavy (non-hydrogen) atoms. The van der Waals surface area contributed by atoms with Crippen LogP contribution in [-0.4, -0.2) is 51.7 Å². The number of aromatic nitrogens is 2. The topological polar surface area (TPSA) is 93.5 Å². The highest BCUT2D eigenvalue weighted by atomic mass is 16.5. The van der Waals surface area contributed by atoms with Crippen molar-refractivity contribution in [1.29, 1.82) is 0 Å². The number of amides is 2. The third-order valence-corrected chi connectivity index (χ3v) is 4.10. The largest absolute Gasteiger partial charge is 0.462 e. The first-order valence-electron chi connectivity index (χ1n) is 8.07. The number of hydrogen-bond acceptors (Lipinski definition) is 5. The molecule has 1 saturated heterocycles. The van der Waals surface area contributed by atoms with Crippen molar-refractivity contribution in [3.63, 3.8) is 0 Å². The molecule has 1 atom stereocenters. The molecule has 1 fully saturated rings. The number of hydrogen-bond donors (Lipinski definition) is 1. The normalized spacial score (nSPS) is 17.5. The molecule has 2 amide bonds. The first-order chi connectivity index (χ1) is 11.3.